The van der Waals surface area contributed by atoms with E-state index < -0.39 is 5.54 Å². The summed E-state index contributed by atoms with van der Waals surface area (Å²) in [4.78, 5) is 28.0. The molecule has 1 N–H and O–H groups in total. The number of amides is 1. The summed E-state index contributed by atoms with van der Waals surface area (Å²) in [7, 11) is 1.62. The molecule has 5 heteroatoms. The predicted octanol–water partition coefficient (Wildman–Crippen LogP) is 4.82. The Morgan fingerprint density at radius 3 is 2.61 bits per heavy atom. The molecule has 2 saturated heterocycles. The maximum Gasteiger partial charge on any atom is 0.253 e. The number of piperidine rings is 1. The third-order valence-electron chi connectivity index (χ3n) is 6.87. The van der Waals surface area contributed by atoms with Crippen molar-refractivity contribution in [3.63, 3.8) is 0 Å². The molecule has 2 unspecified atom stereocenters. The zero-order valence-electron chi connectivity index (χ0n) is 19.7. The summed E-state index contributed by atoms with van der Waals surface area (Å²) in [6.45, 7) is 9.97. The smallest absolute Gasteiger partial charge is 0.253 e. The first-order valence-corrected chi connectivity index (χ1v) is 11.7. The number of allylic oxidation sites excluding steroid dienone is 2. The van der Waals surface area contributed by atoms with Crippen molar-refractivity contribution >= 4 is 11.7 Å². The maximum atomic E-state index is 13.2. The van der Waals surface area contributed by atoms with Crippen LogP contribution in [0.4, 0.5) is 0 Å². The van der Waals surface area contributed by atoms with Gasteiger partial charge >= 0.3 is 0 Å². The van der Waals surface area contributed by atoms with Crippen LogP contribution >= 0.6 is 0 Å². The lowest BCUT2D eigenvalue weighted by atomic mass is 9.81. The lowest BCUT2D eigenvalue weighted by Gasteiger charge is -2.32. The molecule has 5 nitrogen and oxygen atoms in total. The average Bonchev–Trinajstić information content (AvgIpc) is 3.01. The van der Waals surface area contributed by atoms with Crippen molar-refractivity contribution in [1.29, 1.82) is 0 Å². The molecule has 0 spiro atoms. The van der Waals surface area contributed by atoms with Crippen molar-refractivity contribution < 1.29 is 14.3 Å². The van der Waals surface area contributed by atoms with Gasteiger partial charge in [0.25, 0.3) is 5.91 Å². The molecule has 0 aliphatic carbocycles. The molecule has 0 saturated carbocycles. The number of rotatable bonds is 7. The van der Waals surface area contributed by atoms with Gasteiger partial charge in [-0.25, -0.2) is 0 Å². The first-order chi connectivity index (χ1) is 14.8. The highest BCUT2D eigenvalue weighted by molar-refractivity contribution is 5.95. The molecule has 1 amide bonds. The van der Waals surface area contributed by atoms with Crippen LogP contribution in [0.2, 0.25) is 0 Å². The highest BCUT2D eigenvalue weighted by Crippen LogP contribution is 2.36. The summed E-state index contributed by atoms with van der Waals surface area (Å²) in [5, 5.41) is 3.53. The number of Topliss-reactive ketones (excluding diaryl/α,β-unsaturated/α-hetero) is 1. The summed E-state index contributed by atoms with van der Waals surface area (Å²) in [6.07, 6.45) is 6.87. The second-order valence-corrected chi connectivity index (χ2v) is 9.76. The molecule has 2 aliphatic heterocycles. The van der Waals surface area contributed by atoms with Gasteiger partial charge in [-0.1, -0.05) is 26.0 Å². The van der Waals surface area contributed by atoms with E-state index in [-0.39, 0.29) is 11.8 Å². The zero-order valence-corrected chi connectivity index (χ0v) is 19.7. The first-order valence-electron chi connectivity index (χ1n) is 11.7. The quantitative estimate of drug-likeness (QED) is 0.679. The Hall–Kier alpha value is -2.30. The Balaban J connectivity index is 1.53. The van der Waals surface area contributed by atoms with E-state index in [1.165, 1.54) is 0 Å². The number of methoxy groups -OCH3 is 1. The number of carbonyl (C=O) groups excluding carboxylic acids is 2. The molecular weight excluding hydrogens is 388 g/mol. The summed E-state index contributed by atoms with van der Waals surface area (Å²) in [6, 6.07) is 7.37. The van der Waals surface area contributed by atoms with E-state index in [4.69, 9.17) is 4.74 Å². The van der Waals surface area contributed by atoms with E-state index in [1.54, 1.807) is 13.2 Å². The maximum absolute atomic E-state index is 13.2. The molecule has 0 bridgehead atoms. The molecule has 3 rings (SSSR count). The Labute approximate surface area is 187 Å². The number of ketones is 1. The molecular formula is C26H38N2O3. The van der Waals surface area contributed by atoms with Crippen LogP contribution in [0.1, 0.15) is 70.2 Å². The molecule has 0 radical (unpaired) electrons. The van der Waals surface area contributed by atoms with Crippen molar-refractivity contribution in [1.82, 2.24) is 10.2 Å². The molecule has 2 fully saturated rings. The first kappa shape index (κ1) is 23.4. The SMILES string of the molecule is C/C=C1\NC(C)(CC(C)C)C(=O)C1CCC1CCN(C(=O)c2cccc(OC)c2)CC1. The number of nitrogens with one attached hydrogen (secondary N) is 1. The number of benzene rings is 1. The number of hydrogen-bond donors (Lipinski definition) is 1. The fraction of sp³-hybridized carbons (Fsp3) is 0.615. The zero-order chi connectivity index (χ0) is 22.6. The number of ether oxygens (including phenoxy) is 1. The van der Waals surface area contributed by atoms with Crippen LogP contribution in [-0.4, -0.2) is 42.3 Å². The standard InChI is InChI=1S/C26H38N2O3/c1-6-23-22(24(29)26(4,27-23)17-18(2)3)11-10-19-12-14-28(15-13-19)25(30)20-8-7-9-21(16-20)31-5/h6-9,16,18-19,22,27H,10-15,17H2,1-5H3/b23-6-. The minimum Gasteiger partial charge on any atom is -0.497 e. The molecule has 2 atom stereocenters. The third kappa shape index (κ3) is 5.31. The van der Waals surface area contributed by atoms with E-state index in [0.717, 1.165) is 50.9 Å². The van der Waals surface area contributed by atoms with Gasteiger partial charge in [0.2, 0.25) is 0 Å². The van der Waals surface area contributed by atoms with Crippen molar-refractivity contribution in [2.24, 2.45) is 17.8 Å². The molecule has 0 aromatic heterocycles. The highest BCUT2D eigenvalue weighted by atomic mass is 16.5. The van der Waals surface area contributed by atoms with Crippen LogP contribution in [0.5, 0.6) is 5.75 Å². The minimum atomic E-state index is -0.437. The van der Waals surface area contributed by atoms with E-state index >= 15 is 0 Å². The number of likely N-dealkylation sites (tertiary alicyclic amines) is 1. The highest BCUT2D eigenvalue weighted by Gasteiger charge is 2.46. The Morgan fingerprint density at radius 1 is 1.29 bits per heavy atom. The van der Waals surface area contributed by atoms with Crippen LogP contribution in [0, 0.1) is 17.8 Å². The molecule has 170 valence electrons. The molecule has 2 heterocycles. The minimum absolute atomic E-state index is 0.00908. The number of hydrogen-bond acceptors (Lipinski definition) is 4. The Bertz CT molecular complexity index is 824. The van der Waals surface area contributed by atoms with Crippen LogP contribution in [0.25, 0.3) is 0 Å². The molecule has 1 aromatic carbocycles. The van der Waals surface area contributed by atoms with Gasteiger partial charge in [0.15, 0.2) is 5.78 Å². The monoisotopic (exact) mass is 426 g/mol. The normalized spacial score (nSPS) is 25.9. The van der Waals surface area contributed by atoms with E-state index in [1.807, 2.05) is 30.0 Å². The fourth-order valence-electron chi connectivity index (χ4n) is 5.29. The molecule has 2 aliphatic rings. The van der Waals surface area contributed by atoms with Crippen molar-refractivity contribution in [2.75, 3.05) is 20.2 Å². The van der Waals surface area contributed by atoms with Crippen LogP contribution < -0.4 is 10.1 Å². The lowest BCUT2D eigenvalue weighted by molar-refractivity contribution is -0.125. The van der Waals surface area contributed by atoms with Gasteiger partial charge in [-0.05, 0) is 76.0 Å². The van der Waals surface area contributed by atoms with Crippen molar-refractivity contribution in [2.45, 2.75) is 65.3 Å². The molecule has 1 aromatic rings. The fourth-order valence-corrected chi connectivity index (χ4v) is 5.29. The summed E-state index contributed by atoms with van der Waals surface area (Å²) >= 11 is 0. The Kier molecular flexibility index (Phi) is 7.45. The topological polar surface area (TPSA) is 58.6 Å². The summed E-state index contributed by atoms with van der Waals surface area (Å²) in [5.74, 6) is 2.17. The van der Waals surface area contributed by atoms with Crippen LogP contribution in [-0.2, 0) is 4.79 Å². The number of nitrogens with zero attached hydrogens (tertiary/aromatic N) is 1. The number of carbonyl (C=O) groups is 2. The van der Waals surface area contributed by atoms with E-state index in [2.05, 4.69) is 32.2 Å². The van der Waals surface area contributed by atoms with Gasteiger partial charge in [0, 0.05) is 24.4 Å². The lowest BCUT2D eigenvalue weighted by Crippen LogP contribution is -2.43. The van der Waals surface area contributed by atoms with Gasteiger partial charge in [-0.3, -0.25) is 9.59 Å². The Morgan fingerprint density at radius 2 is 2.00 bits per heavy atom. The second kappa shape index (κ2) is 9.88. The van der Waals surface area contributed by atoms with Crippen LogP contribution in [0.3, 0.4) is 0 Å². The average molecular weight is 427 g/mol. The van der Waals surface area contributed by atoms with E-state index in [9.17, 15) is 9.59 Å². The van der Waals surface area contributed by atoms with Gasteiger partial charge in [0.1, 0.15) is 5.75 Å². The van der Waals surface area contributed by atoms with Gasteiger partial charge in [-0.2, -0.15) is 0 Å². The van der Waals surface area contributed by atoms with Gasteiger partial charge in [-0.15, -0.1) is 0 Å². The largest absolute Gasteiger partial charge is 0.497 e. The summed E-state index contributed by atoms with van der Waals surface area (Å²) < 4.78 is 5.24. The summed E-state index contributed by atoms with van der Waals surface area (Å²) in [5.41, 5.74) is 1.34. The van der Waals surface area contributed by atoms with Gasteiger partial charge < -0.3 is 15.0 Å². The van der Waals surface area contributed by atoms with Crippen molar-refractivity contribution in [3.05, 3.63) is 41.6 Å². The molecule has 31 heavy (non-hydrogen) atoms. The van der Waals surface area contributed by atoms with Gasteiger partial charge in [0.05, 0.1) is 18.6 Å². The predicted molar refractivity (Wildman–Crippen MR) is 124 cm³/mol. The third-order valence-corrected chi connectivity index (χ3v) is 6.87. The van der Waals surface area contributed by atoms with Crippen molar-refractivity contribution in [3.8, 4) is 5.75 Å². The van der Waals surface area contributed by atoms with Crippen LogP contribution in [0.15, 0.2) is 36.0 Å². The van der Waals surface area contributed by atoms with E-state index in [0.29, 0.717) is 28.9 Å². The second-order valence-electron chi connectivity index (χ2n) is 9.76.